The lowest BCUT2D eigenvalue weighted by Crippen LogP contribution is -1.90. The Labute approximate surface area is 67.6 Å². The summed E-state index contributed by atoms with van der Waals surface area (Å²) in [4.78, 5) is 8.66. The molecule has 1 atom stereocenters. The molecule has 0 saturated heterocycles. The third-order valence-corrected chi connectivity index (χ3v) is 1.64. The maximum Gasteiger partial charge on any atom is 0.325 e. The van der Waals surface area contributed by atoms with Crippen molar-refractivity contribution in [1.82, 2.24) is 0 Å². The van der Waals surface area contributed by atoms with Crippen LogP contribution in [-0.4, -0.2) is 18.2 Å². The van der Waals surface area contributed by atoms with Crippen molar-refractivity contribution in [2.75, 3.05) is 13.3 Å². The van der Waals surface area contributed by atoms with Crippen LogP contribution in [0.3, 0.4) is 0 Å². The zero-order valence-electron chi connectivity index (χ0n) is 6.56. The molecule has 0 aromatic rings. The normalized spacial score (nSPS) is 17.0. The highest BCUT2D eigenvalue weighted by Gasteiger charge is 2.07. The third kappa shape index (κ3) is 9.89. The van der Waals surface area contributed by atoms with Gasteiger partial charge in [0.15, 0.2) is 0 Å². The lowest BCUT2D eigenvalue weighted by molar-refractivity contribution is 0.262. The summed E-state index contributed by atoms with van der Waals surface area (Å²) in [6.07, 6.45) is 4.72. The van der Waals surface area contributed by atoms with Gasteiger partial charge >= 0.3 is 7.60 Å². The molecule has 11 heavy (non-hydrogen) atoms. The molecule has 0 aromatic heterocycles. The molecule has 0 amide bonds. The van der Waals surface area contributed by atoms with Crippen LogP contribution in [0.2, 0.25) is 0 Å². The summed E-state index contributed by atoms with van der Waals surface area (Å²) < 4.78 is 15.2. The van der Waals surface area contributed by atoms with E-state index in [4.69, 9.17) is 11.8 Å². The molecule has 0 aliphatic rings. The average molecular weight is 176 g/mol. The molecular weight excluding hydrogens is 163 g/mol. The lowest BCUT2D eigenvalue weighted by atomic mass is 10.3. The van der Waals surface area contributed by atoms with Gasteiger partial charge in [-0.1, -0.05) is 12.2 Å². The van der Waals surface area contributed by atoms with Crippen molar-refractivity contribution in [3.05, 3.63) is 19.1 Å². The third-order valence-electron chi connectivity index (χ3n) is 0.982. The van der Waals surface area contributed by atoms with Gasteiger partial charge in [-0.2, -0.15) is 0 Å². The molecule has 0 fully saturated rings. The molecule has 0 aromatic carbocycles. The van der Waals surface area contributed by atoms with E-state index in [0.717, 1.165) is 6.42 Å². The van der Waals surface area contributed by atoms with Crippen LogP contribution in [0.15, 0.2) is 12.2 Å². The van der Waals surface area contributed by atoms with Gasteiger partial charge in [0.05, 0.1) is 6.61 Å². The second-order valence-corrected chi connectivity index (χ2v) is 4.07. The largest absolute Gasteiger partial charge is 0.325 e. The molecular formula is C7H13O3P. The molecule has 0 heterocycles. The molecule has 4 heteroatoms. The van der Waals surface area contributed by atoms with Crippen LogP contribution in [-0.2, 0) is 9.09 Å². The maximum absolute atomic E-state index is 10.5. The molecule has 2 radical (unpaired) electrons. The first-order chi connectivity index (χ1) is 5.06. The van der Waals surface area contributed by atoms with Gasteiger partial charge in [-0.3, -0.25) is 4.57 Å². The molecule has 0 bridgehead atoms. The predicted octanol–water partition coefficient (Wildman–Crippen LogP) is 1.87. The van der Waals surface area contributed by atoms with E-state index in [2.05, 4.69) is 4.52 Å². The van der Waals surface area contributed by atoms with Gasteiger partial charge in [0.1, 0.15) is 0 Å². The molecule has 0 rings (SSSR count). The van der Waals surface area contributed by atoms with E-state index < -0.39 is 7.60 Å². The van der Waals surface area contributed by atoms with Gasteiger partial charge in [0, 0.05) is 6.66 Å². The van der Waals surface area contributed by atoms with Crippen molar-refractivity contribution in [2.24, 2.45) is 0 Å². The van der Waals surface area contributed by atoms with Gasteiger partial charge in [0.25, 0.3) is 0 Å². The summed E-state index contributed by atoms with van der Waals surface area (Å²) >= 11 is 0. The van der Waals surface area contributed by atoms with Crippen molar-refractivity contribution in [1.29, 1.82) is 0 Å². The Balaban J connectivity index is 3.22. The van der Waals surface area contributed by atoms with E-state index in [-0.39, 0.29) is 0 Å². The van der Waals surface area contributed by atoms with E-state index in [1.54, 1.807) is 6.08 Å². The molecule has 0 aliphatic carbocycles. The maximum atomic E-state index is 10.5. The number of rotatable bonds is 5. The first-order valence-electron chi connectivity index (χ1n) is 3.38. The van der Waals surface area contributed by atoms with Crippen LogP contribution in [0, 0.1) is 6.92 Å². The van der Waals surface area contributed by atoms with Crippen LogP contribution < -0.4 is 0 Å². The van der Waals surface area contributed by atoms with E-state index in [9.17, 15) is 4.57 Å². The zero-order chi connectivity index (χ0) is 8.74. The van der Waals surface area contributed by atoms with Crippen molar-refractivity contribution >= 4 is 7.60 Å². The fraction of sp³-hybridized carbons (Fsp3) is 0.571. The van der Waals surface area contributed by atoms with Gasteiger partial charge in [-0.05, 0) is 19.8 Å². The summed E-state index contributed by atoms with van der Waals surface area (Å²) in [6.45, 7) is 6.54. The second kappa shape index (κ2) is 5.53. The summed E-state index contributed by atoms with van der Waals surface area (Å²) in [7, 11) is -3.27. The first-order valence-corrected chi connectivity index (χ1v) is 5.40. The van der Waals surface area contributed by atoms with Gasteiger partial charge in [-0.25, -0.2) is 0 Å². The minimum absolute atomic E-state index is 0.300. The summed E-state index contributed by atoms with van der Waals surface area (Å²) in [6, 6.07) is 0. The lowest BCUT2D eigenvalue weighted by Gasteiger charge is -2.04. The number of hydrogen-bond donors (Lipinski definition) is 1. The molecule has 1 unspecified atom stereocenters. The summed E-state index contributed by atoms with van der Waals surface area (Å²) in [5.74, 6) is 0. The van der Waals surface area contributed by atoms with E-state index in [1.165, 1.54) is 12.7 Å². The van der Waals surface area contributed by atoms with Crippen molar-refractivity contribution in [3.8, 4) is 0 Å². The second-order valence-electron chi connectivity index (χ2n) is 2.21. The van der Waals surface area contributed by atoms with Crippen LogP contribution in [0.25, 0.3) is 0 Å². The quantitative estimate of drug-likeness (QED) is 0.513. The Morgan fingerprint density at radius 1 is 1.73 bits per heavy atom. The highest BCUT2D eigenvalue weighted by molar-refractivity contribution is 7.51. The van der Waals surface area contributed by atoms with Gasteiger partial charge < -0.3 is 9.42 Å². The highest BCUT2D eigenvalue weighted by Crippen LogP contribution is 2.36. The van der Waals surface area contributed by atoms with Crippen molar-refractivity contribution in [2.45, 2.75) is 12.8 Å². The van der Waals surface area contributed by atoms with Crippen molar-refractivity contribution < 1.29 is 14.0 Å². The Hall–Kier alpha value is -0.110. The molecule has 0 aliphatic heterocycles. The molecule has 64 valence electrons. The van der Waals surface area contributed by atoms with Crippen LogP contribution in [0.4, 0.5) is 0 Å². The van der Waals surface area contributed by atoms with E-state index in [1.807, 2.05) is 0 Å². The number of unbranched alkanes of at least 4 members (excludes halogenated alkanes) is 1. The Morgan fingerprint density at radius 2 is 2.36 bits per heavy atom. The molecule has 0 spiro atoms. The van der Waals surface area contributed by atoms with Crippen LogP contribution in [0.1, 0.15) is 12.8 Å². The Bertz CT molecular complexity index is 159. The first kappa shape index (κ1) is 10.9. The fourth-order valence-corrected chi connectivity index (χ4v) is 0.999. The van der Waals surface area contributed by atoms with E-state index >= 15 is 0 Å². The highest BCUT2D eigenvalue weighted by atomic mass is 31.2. The van der Waals surface area contributed by atoms with E-state index in [0.29, 0.717) is 13.0 Å². The Morgan fingerprint density at radius 3 is 2.82 bits per heavy atom. The number of allylic oxidation sites excluding steroid dienone is 2. The summed E-state index contributed by atoms with van der Waals surface area (Å²) in [5.41, 5.74) is 0. The monoisotopic (exact) mass is 176 g/mol. The molecule has 3 nitrogen and oxygen atoms in total. The predicted molar refractivity (Wildman–Crippen MR) is 44.4 cm³/mol. The smallest absolute Gasteiger partial charge is 0.324 e. The molecule has 1 N–H and O–H groups in total. The number of hydrogen-bond acceptors (Lipinski definition) is 2. The minimum Gasteiger partial charge on any atom is -0.324 e. The SMILES string of the molecule is [CH]/C=C/CCCOP(C)(=O)O. The van der Waals surface area contributed by atoms with Crippen molar-refractivity contribution in [3.63, 3.8) is 0 Å². The minimum atomic E-state index is -3.27. The average Bonchev–Trinajstić information content (AvgIpc) is 1.85. The molecule has 0 saturated carbocycles. The van der Waals surface area contributed by atoms with Crippen LogP contribution in [0.5, 0.6) is 0 Å². The van der Waals surface area contributed by atoms with Crippen LogP contribution >= 0.6 is 7.60 Å². The van der Waals surface area contributed by atoms with Gasteiger partial charge in [0.2, 0.25) is 0 Å². The topological polar surface area (TPSA) is 46.5 Å². The van der Waals surface area contributed by atoms with Gasteiger partial charge in [-0.15, -0.1) is 0 Å². The summed E-state index contributed by atoms with van der Waals surface area (Å²) in [5, 5.41) is 0. The Kier molecular flexibility index (Phi) is 5.47. The zero-order valence-corrected chi connectivity index (χ0v) is 7.46. The standard InChI is InChI=1S/C7H13O3P/c1-3-4-5-6-7-10-11(2,8)9/h1,3-4H,5-7H2,2H3,(H,8,9)/b4-3+. The fourth-order valence-electron chi connectivity index (χ4n) is 0.531.